The highest BCUT2D eigenvalue weighted by molar-refractivity contribution is 9.10. The second-order valence-electron chi connectivity index (χ2n) is 5.27. The van der Waals surface area contributed by atoms with Crippen molar-refractivity contribution in [2.24, 2.45) is 5.10 Å². The van der Waals surface area contributed by atoms with Crippen LogP contribution in [0.5, 0.6) is 11.5 Å². The molecule has 1 aliphatic heterocycles. The van der Waals surface area contributed by atoms with Crippen molar-refractivity contribution in [2.75, 3.05) is 26.9 Å². The van der Waals surface area contributed by atoms with Gasteiger partial charge in [0.05, 0.1) is 44.0 Å². The maximum atomic E-state index is 11.9. The Kier molecular flexibility index (Phi) is 6.59. The summed E-state index contributed by atoms with van der Waals surface area (Å²) in [4.78, 5) is 11.9. The van der Waals surface area contributed by atoms with Gasteiger partial charge in [0.15, 0.2) is 17.3 Å². The molecular weight excluding hydrogens is 380 g/mol. The monoisotopic (exact) mass is 400 g/mol. The first kappa shape index (κ1) is 18.7. The molecular formula is C16H21BrN2O5. The first-order valence-corrected chi connectivity index (χ1v) is 8.37. The zero-order valence-electron chi connectivity index (χ0n) is 13.9. The van der Waals surface area contributed by atoms with E-state index in [4.69, 9.17) is 18.9 Å². The largest absolute Gasteiger partial charge is 0.492 e. The third kappa shape index (κ3) is 4.93. The molecule has 0 unspecified atom stereocenters. The normalized spacial score (nSPS) is 16.3. The zero-order valence-corrected chi connectivity index (χ0v) is 15.5. The Balaban J connectivity index is 1.99. The van der Waals surface area contributed by atoms with Crippen LogP contribution < -0.4 is 14.9 Å². The first-order valence-electron chi connectivity index (χ1n) is 7.57. The molecule has 1 aromatic carbocycles. The molecule has 24 heavy (non-hydrogen) atoms. The Morgan fingerprint density at radius 3 is 2.79 bits per heavy atom. The van der Waals surface area contributed by atoms with Crippen molar-refractivity contribution in [3.63, 3.8) is 0 Å². The molecule has 0 spiro atoms. The number of halogens is 1. The minimum atomic E-state index is -0.870. The van der Waals surface area contributed by atoms with Crippen LogP contribution in [0.25, 0.3) is 0 Å². The van der Waals surface area contributed by atoms with Crippen molar-refractivity contribution in [1.82, 2.24) is 5.43 Å². The van der Waals surface area contributed by atoms with Crippen LogP contribution in [0, 0.1) is 0 Å². The number of methoxy groups -OCH3 is 1. The van der Waals surface area contributed by atoms with Gasteiger partial charge in [-0.3, -0.25) is 4.79 Å². The summed E-state index contributed by atoms with van der Waals surface area (Å²) in [5.74, 6) is 0.0578. The third-order valence-corrected chi connectivity index (χ3v) is 3.91. The molecule has 0 radical (unpaired) electrons. The fourth-order valence-corrected chi connectivity index (χ4v) is 2.91. The van der Waals surface area contributed by atoms with Crippen molar-refractivity contribution in [3.05, 3.63) is 22.2 Å². The lowest BCUT2D eigenvalue weighted by Gasteiger charge is -2.20. The van der Waals surface area contributed by atoms with E-state index in [-0.39, 0.29) is 12.3 Å². The Hall–Kier alpha value is -1.64. The fourth-order valence-electron chi connectivity index (χ4n) is 2.29. The molecule has 1 heterocycles. The average molecular weight is 401 g/mol. The average Bonchev–Trinajstić information content (AvgIpc) is 2.93. The van der Waals surface area contributed by atoms with E-state index in [1.807, 2.05) is 13.0 Å². The summed E-state index contributed by atoms with van der Waals surface area (Å²) in [6.45, 7) is 5.12. The molecule has 1 N–H and O–H groups in total. The minimum Gasteiger partial charge on any atom is -0.492 e. The topological polar surface area (TPSA) is 78.4 Å². The summed E-state index contributed by atoms with van der Waals surface area (Å²) in [5.41, 5.74) is 3.22. The van der Waals surface area contributed by atoms with Crippen LogP contribution in [0.2, 0.25) is 0 Å². The highest BCUT2D eigenvalue weighted by Gasteiger charge is 2.33. The minimum absolute atomic E-state index is 0.0842. The van der Waals surface area contributed by atoms with E-state index < -0.39 is 5.79 Å². The number of carbonyl (C=O) groups is 1. The van der Waals surface area contributed by atoms with Gasteiger partial charge in [-0.1, -0.05) is 0 Å². The van der Waals surface area contributed by atoms with Gasteiger partial charge >= 0.3 is 0 Å². The van der Waals surface area contributed by atoms with Gasteiger partial charge in [0.2, 0.25) is 5.91 Å². The smallest absolute Gasteiger partial charge is 0.245 e. The van der Waals surface area contributed by atoms with E-state index in [9.17, 15) is 4.79 Å². The molecule has 0 bridgehead atoms. The number of nitrogens with zero attached hydrogens (tertiary/aromatic N) is 1. The molecule has 0 aromatic heterocycles. The van der Waals surface area contributed by atoms with Gasteiger partial charge in [-0.25, -0.2) is 5.43 Å². The molecule has 1 amide bonds. The standard InChI is InChI=1S/C16H21BrN2O5/c1-4-22-13-8-11(7-12(17)15(13)21-3)10-18-19-14(20)9-16(2)23-5-6-24-16/h7-8,10H,4-6,9H2,1-3H3,(H,19,20)/b18-10-. The highest BCUT2D eigenvalue weighted by atomic mass is 79.9. The Labute approximate surface area is 149 Å². The van der Waals surface area contributed by atoms with Crippen LogP contribution in [0.4, 0.5) is 0 Å². The number of hydrogen-bond acceptors (Lipinski definition) is 6. The summed E-state index contributed by atoms with van der Waals surface area (Å²) in [6, 6.07) is 3.61. The number of carbonyl (C=O) groups excluding carboxylic acids is 1. The van der Waals surface area contributed by atoms with Crippen molar-refractivity contribution < 1.29 is 23.7 Å². The molecule has 2 rings (SSSR count). The van der Waals surface area contributed by atoms with Crippen molar-refractivity contribution in [1.29, 1.82) is 0 Å². The van der Waals surface area contributed by atoms with E-state index in [0.29, 0.717) is 31.3 Å². The zero-order chi connectivity index (χ0) is 17.6. The molecule has 1 saturated heterocycles. The van der Waals surface area contributed by atoms with Gasteiger partial charge in [-0.05, 0) is 47.5 Å². The van der Waals surface area contributed by atoms with E-state index in [1.165, 1.54) is 6.21 Å². The van der Waals surface area contributed by atoms with E-state index >= 15 is 0 Å². The van der Waals surface area contributed by atoms with Gasteiger partial charge in [-0.15, -0.1) is 0 Å². The number of rotatable bonds is 7. The Bertz CT molecular complexity index is 615. The van der Waals surface area contributed by atoms with Crippen molar-refractivity contribution in [3.8, 4) is 11.5 Å². The quantitative estimate of drug-likeness (QED) is 0.561. The van der Waals surface area contributed by atoms with Crippen LogP contribution in [-0.2, 0) is 14.3 Å². The Morgan fingerprint density at radius 1 is 1.46 bits per heavy atom. The molecule has 1 aliphatic rings. The molecule has 8 heteroatoms. The van der Waals surface area contributed by atoms with Gasteiger partial charge in [0.25, 0.3) is 0 Å². The number of hydrogen-bond donors (Lipinski definition) is 1. The molecule has 0 aliphatic carbocycles. The highest BCUT2D eigenvalue weighted by Crippen LogP contribution is 2.36. The molecule has 7 nitrogen and oxygen atoms in total. The van der Waals surface area contributed by atoms with Crippen molar-refractivity contribution >= 4 is 28.1 Å². The van der Waals surface area contributed by atoms with E-state index in [1.54, 1.807) is 20.1 Å². The SMILES string of the molecule is CCOc1cc(/C=N\NC(=O)CC2(C)OCCO2)cc(Br)c1OC. The third-order valence-electron chi connectivity index (χ3n) is 3.32. The number of ether oxygens (including phenoxy) is 4. The number of hydrazone groups is 1. The molecule has 1 aromatic rings. The lowest BCUT2D eigenvalue weighted by molar-refractivity contribution is -0.159. The second-order valence-corrected chi connectivity index (χ2v) is 6.12. The van der Waals surface area contributed by atoms with Crippen LogP contribution in [-0.4, -0.2) is 44.8 Å². The first-order chi connectivity index (χ1) is 11.5. The van der Waals surface area contributed by atoms with Crippen LogP contribution in [0.3, 0.4) is 0 Å². The van der Waals surface area contributed by atoms with Gasteiger partial charge in [0, 0.05) is 0 Å². The van der Waals surface area contributed by atoms with Crippen molar-refractivity contribution in [2.45, 2.75) is 26.1 Å². The number of nitrogens with one attached hydrogen (secondary N) is 1. The molecule has 0 atom stereocenters. The predicted molar refractivity (Wildman–Crippen MR) is 92.5 cm³/mol. The maximum absolute atomic E-state index is 11.9. The second kappa shape index (κ2) is 8.46. The summed E-state index contributed by atoms with van der Waals surface area (Å²) in [6.07, 6.45) is 1.62. The molecule has 1 fully saturated rings. The summed E-state index contributed by atoms with van der Waals surface area (Å²) >= 11 is 3.43. The molecule has 0 saturated carbocycles. The van der Waals surface area contributed by atoms with Crippen LogP contribution in [0.1, 0.15) is 25.8 Å². The predicted octanol–water partition coefficient (Wildman–Crippen LogP) is 2.46. The van der Waals surface area contributed by atoms with E-state index in [2.05, 4.69) is 26.5 Å². The van der Waals surface area contributed by atoms with Crippen LogP contribution >= 0.6 is 15.9 Å². The van der Waals surface area contributed by atoms with Gasteiger partial charge in [-0.2, -0.15) is 5.10 Å². The molecule has 132 valence electrons. The summed E-state index contributed by atoms with van der Waals surface area (Å²) < 4.78 is 22.4. The summed E-state index contributed by atoms with van der Waals surface area (Å²) in [5, 5.41) is 3.96. The number of benzene rings is 1. The summed E-state index contributed by atoms with van der Waals surface area (Å²) in [7, 11) is 1.57. The Morgan fingerprint density at radius 2 is 2.17 bits per heavy atom. The lowest BCUT2D eigenvalue weighted by atomic mass is 10.2. The number of amides is 1. The fraction of sp³-hybridized carbons (Fsp3) is 0.500. The lowest BCUT2D eigenvalue weighted by Crippen LogP contribution is -2.33. The van der Waals surface area contributed by atoms with Crippen LogP contribution in [0.15, 0.2) is 21.7 Å². The maximum Gasteiger partial charge on any atom is 0.245 e. The van der Waals surface area contributed by atoms with E-state index in [0.717, 1.165) is 10.0 Å². The van der Waals surface area contributed by atoms with Gasteiger partial charge in [0.1, 0.15) is 0 Å². The van der Waals surface area contributed by atoms with Gasteiger partial charge < -0.3 is 18.9 Å².